The smallest absolute Gasteiger partial charge is 0.326 e. The number of nitrogens with one attached hydrogen (secondary N) is 1. The number of rotatable bonds is 6. The summed E-state index contributed by atoms with van der Waals surface area (Å²) in [7, 11) is 1.62. The molecule has 1 unspecified atom stereocenters. The third-order valence-corrected chi connectivity index (χ3v) is 6.64. The van der Waals surface area contributed by atoms with E-state index >= 15 is 0 Å². The van der Waals surface area contributed by atoms with Crippen LogP contribution in [0, 0.1) is 0 Å². The summed E-state index contributed by atoms with van der Waals surface area (Å²) < 4.78 is 11.2. The number of carbonyl (C=O) groups is 1. The average Bonchev–Trinajstić information content (AvgIpc) is 3.39. The quantitative estimate of drug-likeness (QED) is 0.330. The molecule has 3 aromatic carbocycles. The zero-order chi connectivity index (χ0) is 24.4. The predicted octanol–water partition coefficient (Wildman–Crippen LogP) is 6.17. The number of amides is 2. The number of anilines is 1. The molecule has 1 aromatic heterocycles. The van der Waals surface area contributed by atoms with E-state index < -0.39 is 6.04 Å². The number of hydrogen-bond donors (Lipinski definition) is 1. The Bertz CT molecular complexity index is 1400. The van der Waals surface area contributed by atoms with Crippen molar-refractivity contribution >= 4 is 29.1 Å². The van der Waals surface area contributed by atoms with Gasteiger partial charge in [0.15, 0.2) is 0 Å². The molecule has 7 nitrogen and oxygen atoms in total. The summed E-state index contributed by atoms with van der Waals surface area (Å²) in [5, 5.41) is 7.36. The van der Waals surface area contributed by atoms with E-state index in [1.54, 1.807) is 23.8 Å². The molecule has 2 amide bonds. The Morgan fingerprint density at radius 3 is 2.60 bits per heavy atom. The second-order valence-corrected chi connectivity index (χ2v) is 8.86. The Labute approximate surface area is 207 Å². The van der Waals surface area contributed by atoms with E-state index in [0.717, 1.165) is 27.3 Å². The van der Waals surface area contributed by atoms with Crippen molar-refractivity contribution in [3.8, 4) is 17.1 Å². The number of allylic oxidation sites excluding steroid dienone is 1. The van der Waals surface area contributed by atoms with Gasteiger partial charge >= 0.3 is 6.03 Å². The van der Waals surface area contributed by atoms with Crippen molar-refractivity contribution in [1.82, 2.24) is 15.5 Å². The standard InChI is InChI=1S/C27H24N4O3S/c1-17-23(26-29-25(30-34-26)18-9-5-4-6-10-18)24(19-11-7-13-21(15-19)33-2)28-27(32)31(17)20-12-8-14-22(16-20)35-3/h4-16,24H,1-3H3,(H,28,32). The van der Waals surface area contributed by atoms with Crippen molar-refractivity contribution in [2.24, 2.45) is 0 Å². The zero-order valence-electron chi connectivity index (χ0n) is 19.6. The summed E-state index contributed by atoms with van der Waals surface area (Å²) in [5.74, 6) is 1.53. The summed E-state index contributed by atoms with van der Waals surface area (Å²) >= 11 is 1.62. The second-order valence-electron chi connectivity index (χ2n) is 7.98. The van der Waals surface area contributed by atoms with Gasteiger partial charge in [0, 0.05) is 16.2 Å². The lowest BCUT2D eigenvalue weighted by Crippen LogP contribution is -2.46. The first-order valence-electron chi connectivity index (χ1n) is 11.1. The van der Waals surface area contributed by atoms with Crippen molar-refractivity contribution in [2.45, 2.75) is 17.9 Å². The molecule has 0 spiro atoms. The minimum atomic E-state index is -0.498. The summed E-state index contributed by atoms with van der Waals surface area (Å²) in [6, 6.07) is 24.4. The molecule has 176 valence electrons. The minimum Gasteiger partial charge on any atom is -0.497 e. The van der Waals surface area contributed by atoms with Crippen molar-refractivity contribution in [1.29, 1.82) is 0 Å². The van der Waals surface area contributed by atoms with Gasteiger partial charge in [-0.15, -0.1) is 11.8 Å². The largest absolute Gasteiger partial charge is 0.497 e. The topological polar surface area (TPSA) is 80.5 Å². The number of methoxy groups -OCH3 is 1. The maximum Gasteiger partial charge on any atom is 0.326 e. The van der Waals surface area contributed by atoms with Gasteiger partial charge in [-0.05, 0) is 49.1 Å². The molecule has 0 bridgehead atoms. The Morgan fingerprint density at radius 2 is 1.83 bits per heavy atom. The van der Waals surface area contributed by atoms with Gasteiger partial charge in [0.05, 0.1) is 24.4 Å². The fraction of sp³-hybridized carbons (Fsp3) is 0.148. The first-order valence-corrected chi connectivity index (χ1v) is 12.3. The van der Waals surface area contributed by atoms with Gasteiger partial charge in [-0.2, -0.15) is 4.98 Å². The van der Waals surface area contributed by atoms with Crippen LogP contribution in [0.25, 0.3) is 17.0 Å². The molecule has 1 atom stereocenters. The number of carbonyl (C=O) groups excluding carboxylic acids is 1. The highest BCUT2D eigenvalue weighted by Gasteiger charge is 2.36. The molecular weight excluding hydrogens is 460 g/mol. The van der Waals surface area contributed by atoms with Crippen LogP contribution < -0.4 is 15.0 Å². The number of ether oxygens (including phenoxy) is 1. The molecule has 4 aromatic rings. The van der Waals surface area contributed by atoms with Crippen LogP contribution in [0.5, 0.6) is 5.75 Å². The molecule has 2 heterocycles. The van der Waals surface area contributed by atoms with Gasteiger partial charge in [-0.1, -0.05) is 53.7 Å². The molecule has 8 heteroatoms. The zero-order valence-corrected chi connectivity index (χ0v) is 20.4. The van der Waals surface area contributed by atoms with Crippen LogP contribution >= 0.6 is 11.8 Å². The number of urea groups is 1. The normalized spacial score (nSPS) is 15.8. The van der Waals surface area contributed by atoms with Crippen LogP contribution in [0.2, 0.25) is 0 Å². The summed E-state index contributed by atoms with van der Waals surface area (Å²) in [6.45, 7) is 1.90. The van der Waals surface area contributed by atoms with Crippen LogP contribution in [0.3, 0.4) is 0 Å². The van der Waals surface area contributed by atoms with Gasteiger partial charge in [-0.3, -0.25) is 4.90 Å². The van der Waals surface area contributed by atoms with E-state index in [-0.39, 0.29) is 6.03 Å². The number of aromatic nitrogens is 2. The average molecular weight is 485 g/mol. The molecule has 0 fully saturated rings. The van der Waals surface area contributed by atoms with Crippen LogP contribution in [0.1, 0.15) is 24.4 Å². The lowest BCUT2D eigenvalue weighted by Gasteiger charge is -2.35. The molecule has 0 aliphatic carbocycles. The third-order valence-electron chi connectivity index (χ3n) is 5.91. The fourth-order valence-electron chi connectivity index (χ4n) is 4.19. The van der Waals surface area contributed by atoms with Crippen molar-refractivity contribution in [3.05, 3.63) is 96.0 Å². The van der Waals surface area contributed by atoms with Gasteiger partial charge in [-0.25, -0.2) is 4.79 Å². The van der Waals surface area contributed by atoms with Gasteiger partial charge in [0.2, 0.25) is 5.82 Å². The molecule has 35 heavy (non-hydrogen) atoms. The van der Waals surface area contributed by atoms with Crippen LogP contribution in [0.15, 0.2) is 94.0 Å². The first-order chi connectivity index (χ1) is 17.1. The van der Waals surface area contributed by atoms with Crippen LogP contribution in [0.4, 0.5) is 10.5 Å². The minimum absolute atomic E-state index is 0.236. The van der Waals surface area contributed by atoms with E-state index in [4.69, 9.17) is 14.2 Å². The van der Waals surface area contributed by atoms with Crippen LogP contribution in [-0.4, -0.2) is 29.5 Å². The lowest BCUT2D eigenvalue weighted by molar-refractivity contribution is 0.244. The van der Waals surface area contributed by atoms with Gasteiger partial charge in [0.1, 0.15) is 5.75 Å². The molecule has 5 rings (SSSR count). The van der Waals surface area contributed by atoms with Crippen molar-refractivity contribution in [3.63, 3.8) is 0 Å². The SMILES string of the molecule is COc1cccc(C2NC(=O)N(c3cccc(SC)c3)C(C)=C2c2nc(-c3ccccc3)no2)c1. The number of benzene rings is 3. The molecule has 1 aliphatic rings. The first kappa shape index (κ1) is 22.7. The Kier molecular flexibility index (Phi) is 6.29. The summed E-state index contributed by atoms with van der Waals surface area (Å²) in [6.07, 6.45) is 2.01. The highest BCUT2D eigenvalue weighted by atomic mass is 32.2. The van der Waals surface area contributed by atoms with Crippen molar-refractivity contribution in [2.75, 3.05) is 18.3 Å². The number of hydrogen-bond acceptors (Lipinski definition) is 6. The van der Waals surface area contributed by atoms with Gasteiger partial charge < -0.3 is 14.6 Å². The monoisotopic (exact) mass is 484 g/mol. The van der Waals surface area contributed by atoms with E-state index in [1.807, 2.05) is 92.0 Å². The predicted molar refractivity (Wildman–Crippen MR) is 137 cm³/mol. The lowest BCUT2D eigenvalue weighted by atomic mass is 9.94. The molecule has 0 saturated carbocycles. The van der Waals surface area contributed by atoms with E-state index in [0.29, 0.717) is 23.2 Å². The maximum absolute atomic E-state index is 13.4. The van der Waals surface area contributed by atoms with Crippen molar-refractivity contribution < 1.29 is 14.1 Å². The highest BCUT2D eigenvalue weighted by Crippen LogP contribution is 2.40. The number of nitrogens with zero attached hydrogens (tertiary/aromatic N) is 3. The molecular formula is C27H24N4O3S. The fourth-order valence-corrected chi connectivity index (χ4v) is 4.64. The molecule has 0 radical (unpaired) electrons. The number of thioether (sulfide) groups is 1. The summed E-state index contributed by atoms with van der Waals surface area (Å²) in [4.78, 5) is 20.8. The maximum atomic E-state index is 13.4. The third kappa shape index (κ3) is 4.40. The Morgan fingerprint density at radius 1 is 1.03 bits per heavy atom. The van der Waals surface area contributed by atoms with E-state index in [9.17, 15) is 4.79 Å². The van der Waals surface area contributed by atoms with Crippen LogP contribution in [-0.2, 0) is 0 Å². The molecule has 1 aliphatic heterocycles. The van der Waals surface area contributed by atoms with E-state index in [2.05, 4.69) is 10.5 Å². The second kappa shape index (κ2) is 9.68. The van der Waals surface area contributed by atoms with E-state index in [1.165, 1.54) is 0 Å². The Hall–Kier alpha value is -4.04. The Balaban J connectivity index is 1.67. The summed E-state index contributed by atoms with van der Waals surface area (Å²) in [5.41, 5.74) is 3.90. The molecule has 1 N–H and O–H groups in total. The highest BCUT2D eigenvalue weighted by molar-refractivity contribution is 7.98. The molecule has 0 saturated heterocycles. The van der Waals surface area contributed by atoms with Gasteiger partial charge in [0.25, 0.3) is 5.89 Å².